The normalized spacial score (nSPS) is 12.8. The molecule has 0 radical (unpaired) electrons. The lowest BCUT2D eigenvalue weighted by atomic mass is 10.1. The van der Waals surface area contributed by atoms with Gasteiger partial charge in [-0.15, -0.1) is 0 Å². The van der Waals surface area contributed by atoms with E-state index in [9.17, 15) is 5.26 Å². The molecule has 4 heteroatoms. The Kier molecular flexibility index (Phi) is 5.43. The number of nitrogens with zero attached hydrogens (tertiary/aromatic N) is 3. The molecule has 0 spiro atoms. The summed E-state index contributed by atoms with van der Waals surface area (Å²) in [5.74, 6) is 0. The minimum atomic E-state index is -0.216. The molecular weight excluding hydrogens is 234 g/mol. The predicted molar refractivity (Wildman–Crippen MR) is 71.0 cm³/mol. The zero-order valence-electron chi connectivity index (χ0n) is 10.5. The highest BCUT2D eigenvalue weighted by Gasteiger charge is 2.15. The summed E-state index contributed by atoms with van der Waals surface area (Å²) in [5.41, 5.74) is 0.984. The van der Waals surface area contributed by atoms with Crippen molar-refractivity contribution < 1.29 is 0 Å². The van der Waals surface area contributed by atoms with Crippen LogP contribution in [-0.4, -0.2) is 44.0 Å². The number of nitriles is 1. The fourth-order valence-electron chi connectivity index (χ4n) is 1.56. The van der Waals surface area contributed by atoms with Gasteiger partial charge in [-0.3, -0.25) is 4.90 Å². The van der Waals surface area contributed by atoms with E-state index in [0.717, 1.165) is 18.7 Å². The van der Waals surface area contributed by atoms with Gasteiger partial charge in [-0.25, -0.2) is 0 Å². The van der Waals surface area contributed by atoms with Gasteiger partial charge in [0.15, 0.2) is 0 Å². The largest absolute Gasteiger partial charge is 0.308 e. The van der Waals surface area contributed by atoms with Crippen LogP contribution in [0.1, 0.15) is 11.6 Å². The molecule has 0 aliphatic carbocycles. The maximum atomic E-state index is 9.25. The fourth-order valence-corrected chi connectivity index (χ4v) is 1.69. The average Bonchev–Trinajstić information content (AvgIpc) is 2.30. The quantitative estimate of drug-likeness (QED) is 0.805. The van der Waals surface area contributed by atoms with Crippen molar-refractivity contribution in [3.8, 4) is 6.07 Å². The third-order valence-corrected chi connectivity index (χ3v) is 2.90. The van der Waals surface area contributed by atoms with Crippen molar-refractivity contribution in [2.24, 2.45) is 0 Å². The van der Waals surface area contributed by atoms with Crippen LogP contribution in [0, 0.1) is 11.3 Å². The van der Waals surface area contributed by atoms with Gasteiger partial charge < -0.3 is 4.90 Å². The Morgan fingerprint density at radius 3 is 2.24 bits per heavy atom. The fraction of sp³-hybridized carbons (Fsp3) is 0.462. The monoisotopic (exact) mass is 251 g/mol. The van der Waals surface area contributed by atoms with E-state index >= 15 is 0 Å². The summed E-state index contributed by atoms with van der Waals surface area (Å²) in [4.78, 5) is 4.15. The van der Waals surface area contributed by atoms with E-state index in [0.29, 0.717) is 5.02 Å². The van der Waals surface area contributed by atoms with Crippen LogP contribution in [0.4, 0.5) is 0 Å². The van der Waals surface area contributed by atoms with Crippen LogP contribution >= 0.6 is 11.6 Å². The van der Waals surface area contributed by atoms with E-state index in [4.69, 9.17) is 11.6 Å². The molecular formula is C13H18ClN3. The Hall–Kier alpha value is -1.08. The highest BCUT2D eigenvalue weighted by atomic mass is 35.5. The maximum absolute atomic E-state index is 9.25. The molecule has 1 atom stereocenters. The zero-order chi connectivity index (χ0) is 12.8. The van der Waals surface area contributed by atoms with Crippen molar-refractivity contribution in [3.05, 3.63) is 34.9 Å². The lowest BCUT2D eigenvalue weighted by Gasteiger charge is -2.24. The van der Waals surface area contributed by atoms with Gasteiger partial charge >= 0.3 is 0 Å². The summed E-state index contributed by atoms with van der Waals surface area (Å²) in [6.45, 7) is 1.79. The van der Waals surface area contributed by atoms with E-state index in [1.54, 1.807) is 0 Å². The van der Waals surface area contributed by atoms with Crippen LogP contribution in [0.5, 0.6) is 0 Å². The van der Waals surface area contributed by atoms with Crippen LogP contribution in [0.25, 0.3) is 0 Å². The molecule has 0 fully saturated rings. The Bertz CT molecular complexity index is 381. The molecule has 0 aromatic heterocycles. The van der Waals surface area contributed by atoms with Gasteiger partial charge in [0.2, 0.25) is 0 Å². The number of halogens is 1. The number of hydrogen-bond donors (Lipinski definition) is 0. The topological polar surface area (TPSA) is 30.3 Å². The van der Waals surface area contributed by atoms with Crippen LogP contribution in [0.3, 0.4) is 0 Å². The van der Waals surface area contributed by atoms with Gasteiger partial charge in [-0.05, 0) is 38.8 Å². The molecule has 0 bridgehead atoms. The first-order chi connectivity index (χ1) is 8.04. The summed E-state index contributed by atoms with van der Waals surface area (Å²) in [6.07, 6.45) is 0. The third-order valence-electron chi connectivity index (χ3n) is 2.65. The van der Waals surface area contributed by atoms with Crippen molar-refractivity contribution in [2.45, 2.75) is 6.04 Å². The molecule has 17 heavy (non-hydrogen) atoms. The summed E-state index contributed by atoms with van der Waals surface area (Å²) in [6, 6.07) is 9.56. The molecule has 3 nitrogen and oxygen atoms in total. The van der Waals surface area contributed by atoms with Crippen molar-refractivity contribution in [3.63, 3.8) is 0 Å². The minimum absolute atomic E-state index is 0.216. The lowest BCUT2D eigenvalue weighted by Crippen LogP contribution is -2.31. The molecule has 0 saturated heterocycles. The summed E-state index contributed by atoms with van der Waals surface area (Å²) >= 11 is 5.84. The summed E-state index contributed by atoms with van der Waals surface area (Å²) < 4.78 is 0. The Labute approximate surface area is 108 Å². The van der Waals surface area contributed by atoms with Gasteiger partial charge in [0.25, 0.3) is 0 Å². The highest BCUT2D eigenvalue weighted by molar-refractivity contribution is 6.30. The Morgan fingerprint density at radius 2 is 1.76 bits per heavy atom. The zero-order valence-corrected chi connectivity index (χ0v) is 11.3. The van der Waals surface area contributed by atoms with Gasteiger partial charge in [0.05, 0.1) is 6.07 Å². The smallest absolute Gasteiger partial charge is 0.123 e. The first-order valence-corrected chi connectivity index (χ1v) is 5.92. The molecule has 1 aromatic rings. The average molecular weight is 252 g/mol. The third kappa shape index (κ3) is 4.35. The predicted octanol–water partition coefficient (Wildman–Crippen LogP) is 2.40. The molecule has 0 saturated carbocycles. The van der Waals surface area contributed by atoms with Gasteiger partial charge in [0, 0.05) is 18.1 Å². The molecule has 1 rings (SSSR count). The van der Waals surface area contributed by atoms with Crippen molar-refractivity contribution >= 4 is 11.6 Å². The van der Waals surface area contributed by atoms with Crippen LogP contribution in [-0.2, 0) is 0 Å². The van der Waals surface area contributed by atoms with E-state index in [2.05, 4.69) is 11.0 Å². The number of rotatable bonds is 5. The Morgan fingerprint density at radius 1 is 1.18 bits per heavy atom. The molecule has 0 heterocycles. The molecule has 0 aliphatic rings. The molecule has 1 aromatic carbocycles. The van der Waals surface area contributed by atoms with E-state index in [-0.39, 0.29) is 6.04 Å². The van der Waals surface area contributed by atoms with E-state index in [1.165, 1.54) is 0 Å². The second-order valence-electron chi connectivity index (χ2n) is 4.37. The van der Waals surface area contributed by atoms with Gasteiger partial charge in [-0.2, -0.15) is 5.26 Å². The Balaban J connectivity index is 2.71. The second kappa shape index (κ2) is 6.61. The highest BCUT2D eigenvalue weighted by Crippen LogP contribution is 2.20. The minimum Gasteiger partial charge on any atom is -0.308 e. The van der Waals surface area contributed by atoms with Crippen LogP contribution < -0.4 is 0 Å². The van der Waals surface area contributed by atoms with Gasteiger partial charge in [0.1, 0.15) is 6.04 Å². The van der Waals surface area contributed by atoms with Crippen LogP contribution in [0.15, 0.2) is 24.3 Å². The second-order valence-corrected chi connectivity index (χ2v) is 4.80. The number of benzene rings is 1. The van der Waals surface area contributed by atoms with E-state index in [1.807, 2.05) is 50.3 Å². The maximum Gasteiger partial charge on any atom is 0.123 e. The first kappa shape index (κ1) is 14.0. The molecule has 0 aliphatic heterocycles. The summed E-state index contributed by atoms with van der Waals surface area (Å²) in [5, 5.41) is 9.94. The number of hydrogen-bond acceptors (Lipinski definition) is 3. The molecule has 0 amide bonds. The van der Waals surface area contributed by atoms with Crippen molar-refractivity contribution in [1.29, 1.82) is 5.26 Å². The standard InChI is InChI=1S/C13H18ClN3/c1-16(2)8-9-17(3)13(10-15)11-4-6-12(14)7-5-11/h4-7,13H,8-9H2,1-3H3. The first-order valence-electron chi connectivity index (χ1n) is 5.54. The number of likely N-dealkylation sites (N-methyl/N-ethyl adjacent to an activating group) is 2. The van der Waals surface area contributed by atoms with E-state index < -0.39 is 0 Å². The molecule has 1 unspecified atom stereocenters. The van der Waals surface area contributed by atoms with Gasteiger partial charge in [-0.1, -0.05) is 23.7 Å². The molecule has 0 N–H and O–H groups in total. The summed E-state index contributed by atoms with van der Waals surface area (Å²) in [7, 11) is 6.01. The van der Waals surface area contributed by atoms with Crippen molar-refractivity contribution in [2.75, 3.05) is 34.2 Å². The van der Waals surface area contributed by atoms with Crippen molar-refractivity contribution in [1.82, 2.24) is 9.80 Å². The SMILES string of the molecule is CN(C)CCN(C)C(C#N)c1ccc(Cl)cc1. The molecule has 92 valence electrons. The lowest BCUT2D eigenvalue weighted by molar-refractivity contribution is 0.253. The van der Waals surface area contributed by atoms with Crippen LogP contribution in [0.2, 0.25) is 5.02 Å².